The topological polar surface area (TPSA) is 84.0 Å². The summed E-state index contributed by atoms with van der Waals surface area (Å²) in [6.45, 7) is 9.50. The van der Waals surface area contributed by atoms with E-state index in [0.717, 1.165) is 30.0 Å². The lowest BCUT2D eigenvalue weighted by Gasteiger charge is -2.40. The largest absolute Gasteiger partial charge is 0.409 e. The van der Waals surface area contributed by atoms with Gasteiger partial charge in [0.05, 0.1) is 24.3 Å². The first-order chi connectivity index (χ1) is 9.97. The number of amidine groups is 1. The molecule has 0 bridgehead atoms. The Morgan fingerprint density at radius 2 is 2.29 bits per heavy atom. The molecule has 0 radical (unpaired) electrons. The van der Waals surface area contributed by atoms with Crippen LogP contribution in [0.2, 0.25) is 0 Å². The first kappa shape index (κ1) is 15.6. The summed E-state index contributed by atoms with van der Waals surface area (Å²) in [6.07, 6.45) is 1.09. The van der Waals surface area contributed by atoms with Gasteiger partial charge >= 0.3 is 0 Å². The lowest BCUT2D eigenvalue weighted by molar-refractivity contribution is 0.0296. The van der Waals surface area contributed by atoms with Gasteiger partial charge in [0.1, 0.15) is 5.82 Å². The second kappa shape index (κ2) is 6.30. The molecule has 0 saturated carbocycles. The highest BCUT2D eigenvalue weighted by atomic mass is 16.5. The number of aryl methyl sites for hydroxylation is 2. The smallest absolute Gasteiger partial charge is 0.174 e. The van der Waals surface area contributed by atoms with E-state index in [4.69, 9.17) is 15.7 Å². The Hall–Kier alpha value is -1.82. The summed E-state index contributed by atoms with van der Waals surface area (Å²) >= 11 is 0. The van der Waals surface area contributed by atoms with E-state index in [2.05, 4.69) is 22.0 Å². The zero-order valence-electron chi connectivity index (χ0n) is 13.1. The Balaban J connectivity index is 2.55. The average molecular weight is 292 g/mol. The quantitative estimate of drug-likeness (QED) is 0.384. The highest BCUT2D eigenvalue weighted by Gasteiger charge is 2.29. The molecular weight excluding hydrogens is 268 g/mol. The second-order valence-electron chi connectivity index (χ2n) is 5.62. The van der Waals surface area contributed by atoms with Crippen molar-refractivity contribution < 1.29 is 9.94 Å². The Kier molecular flexibility index (Phi) is 4.67. The molecule has 0 amide bonds. The van der Waals surface area contributed by atoms with Gasteiger partial charge in [-0.25, -0.2) is 4.98 Å². The van der Waals surface area contributed by atoms with E-state index in [1.165, 1.54) is 0 Å². The van der Waals surface area contributed by atoms with Gasteiger partial charge in [-0.15, -0.1) is 0 Å². The molecule has 1 aromatic heterocycles. The normalized spacial score (nSPS) is 23.4. The molecule has 1 saturated heterocycles. The van der Waals surface area contributed by atoms with Crippen LogP contribution in [0, 0.1) is 13.8 Å². The molecule has 0 aliphatic carbocycles. The fraction of sp³-hybridized carbons (Fsp3) is 0.600. The monoisotopic (exact) mass is 292 g/mol. The van der Waals surface area contributed by atoms with Gasteiger partial charge in [-0.3, -0.25) is 0 Å². The van der Waals surface area contributed by atoms with Gasteiger partial charge in [0.15, 0.2) is 5.84 Å². The molecule has 1 fully saturated rings. The van der Waals surface area contributed by atoms with Crippen molar-refractivity contribution in [2.24, 2.45) is 10.9 Å². The molecule has 1 aliphatic heterocycles. The molecule has 2 rings (SSSR count). The summed E-state index contributed by atoms with van der Waals surface area (Å²) in [5.41, 5.74) is 8.46. The van der Waals surface area contributed by atoms with Gasteiger partial charge in [-0.1, -0.05) is 12.1 Å². The number of morpholine rings is 1. The maximum Gasteiger partial charge on any atom is 0.174 e. The van der Waals surface area contributed by atoms with Crippen LogP contribution in [-0.2, 0) is 4.74 Å². The Morgan fingerprint density at radius 3 is 2.90 bits per heavy atom. The highest BCUT2D eigenvalue weighted by molar-refractivity contribution is 6.02. The van der Waals surface area contributed by atoms with Gasteiger partial charge in [-0.05, 0) is 38.8 Å². The van der Waals surface area contributed by atoms with Crippen molar-refractivity contribution in [2.45, 2.75) is 46.3 Å². The van der Waals surface area contributed by atoms with Crippen molar-refractivity contribution >= 4 is 11.7 Å². The zero-order valence-corrected chi connectivity index (χ0v) is 13.1. The van der Waals surface area contributed by atoms with Gasteiger partial charge in [-0.2, -0.15) is 0 Å². The number of nitrogens with zero attached hydrogens (tertiary/aromatic N) is 3. The maximum atomic E-state index is 9.07. The van der Waals surface area contributed by atoms with E-state index in [1.807, 2.05) is 26.8 Å². The standard InChI is InChI=1S/C15H24N4O2/c1-5-12-8-21-11(4)7-19(12)15-13(14(16)18-20)9(2)6-10(3)17-15/h6,11-12,20H,5,7-8H2,1-4H3,(H2,16,18). The molecule has 1 aliphatic rings. The molecule has 2 atom stereocenters. The molecule has 0 spiro atoms. The lowest BCUT2D eigenvalue weighted by Crippen LogP contribution is -2.49. The molecule has 21 heavy (non-hydrogen) atoms. The second-order valence-corrected chi connectivity index (χ2v) is 5.62. The molecule has 2 unspecified atom stereocenters. The summed E-state index contributed by atoms with van der Waals surface area (Å²) in [7, 11) is 0. The molecule has 1 aromatic rings. The molecule has 3 N–H and O–H groups in total. The van der Waals surface area contributed by atoms with Crippen LogP contribution in [0.4, 0.5) is 5.82 Å². The van der Waals surface area contributed by atoms with Gasteiger partial charge in [0.2, 0.25) is 0 Å². The third kappa shape index (κ3) is 3.10. The number of hydrogen-bond acceptors (Lipinski definition) is 5. The molecule has 116 valence electrons. The van der Waals surface area contributed by atoms with Crippen molar-refractivity contribution in [1.82, 2.24) is 4.98 Å². The maximum absolute atomic E-state index is 9.07. The predicted molar refractivity (Wildman–Crippen MR) is 83.1 cm³/mol. The SMILES string of the molecule is CCC1COC(C)CN1c1nc(C)cc(C)c1C(N)=NO. The van der Waals surface area contributed by atoms with Crippen LogP contribution < -0.4 is 10.6 Å². The van der Waals surface area contributed by atoms with Gasteiger partial charge < -0.3 is 20.6 Å². The van der Waals surface area contributed by atoms with Crippen LogP contribution in [0.3, 0.4) is 0 Å². The Bertz CT molecular complexity index is 545. The minimum atomic E-state index is 0.101. The van der Waals surface area contributed by atoms with Gasteiger partial charge in [0, 0.05) is 12.2 Å². The van der Waals surface area contributed by atoms with Crippen molar-refractivity contribution in [1.29, 1.82) is 0 Å². The van der Waals surface area contributed by atoms with Crippen LogP contribution in [0.1, 0.15) is 37.1 Å². The average Bonchev–Trinajstić information content (AvgIpc) is 2.45. The van der Waals surface area contributed by atoms with Crippen LogP contribution in [0.15, 0.2) is 11.2 Å². The summed E-state index contributed by atoms with van der Waals surface area (Å²) in [5, 5.41) is 12.2. The Labute approximate surface area is 125 Å². The van der Waals surface area contributed by atoms with Crippen LogP contribution in [0.5, 0.6) is 0 Å². The number of hydrogen-bond donors (Lipinski definition) is 2. The molecule has 6 heteroatoms. The number of ether oxygens (including phenoxy) is 1. The number of oxime groups is 1. The highest BCUT2D eigenvalue weighted by Crippen LogP contribution is 2.28. The summed E-state index contributed by atoms with van der Waals surface area (Å²) < 4.78 is 5.74. The van der Waals surface area contributed by atoms with E-state index in [0.29, 0.717) is 12.2 Å². The number of rotatable bonds is 3. The third-order valence-electron chi connectivity index (χ3n) is 3.90. The van der Waals surface area contributed by atoms with Crippen LogP contribution >= 0.6 is 0 Å². The van der Waals surface area contributed by atoms with E-state index < -0.39 is 0 Å². The molecular formula is C15H24N4O2. The number of anilines is 1. The first-order valence-electron chi connectivity index (χ1n) is 7.32. The summed E-state index contributed by atoms with van der Waals surface area (Å²) in [5.74, 6) is 0.883. The first-order valence-corrected chi connectivity index (χ1v) is 7.32. The minimum absolute atomic E-state index is 0.101. The van der Waals surface area contributed by atoms with E-state index in [-0.39, 0.29) is 18.0 Å². The van der Waals surface area contributed by atoms with Crippen LogP contribution in [-0.4, -0.2) is 41.3 Å². The lowest BCUT2D eigenvalue weighted by atomic mass is 10.0. The Morgan fingerprint density at radius 1 is 1.57 bits per heavy atom. The number of nitrogens with two attached hydrogens (primary N) is 1. The number of pyridine rings is 1. The van der Waals surface area contributed by atoms with E-state index >= 15 is 0 Å². The predicted octanol–water partition coefficient (Wildman–Crippen LogP) is 1.80. The summed E-state index contributed by atoms with van der Waals surface area (Å²) in [4.78, 5) is 6.88. The minimum Gasteiger partial charge on any atom is -0.409 e. The molecule has 2 heterocycles. The van der Waals surface area contributed by atoms with Gasteiger partial charge in [0.25, 0.3) is 0 Å². The van der Waals surface area contributed by atoms with Crippen molar-refractivity contribution in [3.63, 3.8) is 0 Å². The fourth-order valence-corrected chi connectivity index (χ4v) is 2.83. The van der Waals surface area contributed by atoms with Crippen molar-refractivity contribution in [2.75, 3.05) is 18.1 Å². The molecule has 6 nitrogen and oxygen atoms in total. The van der Waals surface area contributed by atoms with E-state index in [1.54, 1.807) is 0 Å². The van der Waals surface area contributed by atoms with E-state index in [9.17, 15) is 0 Å². The van der Waals surface area contributed by atoms with Crippen LogP contribution in [0.25, 0.3) is 0 Å². The third-order valence-corrected chi connectivity index (χ3v) is 3.90. The van der Waals surface area contributed by atoms with Crippen molar-refractivity contribution in [3.05, 3.63) is 22.9 Å². The number of aromatic nitrogens is 1. The zero-order chi connectivity index (χ0) is 15.6. The van der Waals surface area contributed by atoms with Crippen molar-refractivity contribution in [3.8, 4) is 0 Å². The summed E-state index contributed by atoms with van der Waals surface area (Å²) in [6, 6.07) is 2.20. The molecule has 0 aromatic carbocycles. The fourth-order valence-electron chi connectivity index (χ4n) is 2.83.